The van der Waals surface area contributed by atoms with Crippen molar-refractivity contribution in [2.45, 2.75) is 13.0 Å². The van der Waals surface area contributed by atoms with Crippen molar-refractivity contribution in [1.82, 2.24) is 9.97 Å². The molecular weight excluding hydrogens is 269 g/mol. The Bertz CT molecular complexity index is 580. The summed E-state index contributed by atoms with van der Waals surface area (Å²) in [6.07, 6.45) is 2.99. The first-order valence-corrected chi connectivity index (χ1v) is 6.05. The molecule has 1 heterocycles. The highest BCUT2D eigenvalue weighted by Gasteiger charge is 2.13. The smallest absolute Gasteiger partial charge is 0.149 e. The fourth-order valence-corrected chi connectivity index (χ4v) is 1.90. The maximum Gasteiger partial charge on any atom is 0.149 e. The standard InChI is InChI=1S/C13H13ClFN3O/c1-8(17-13-7-16-6-12(14)18-13)10-5-9(15)3-4-11(10)19-2/h3-8H,1-2H3,(H,17,18)/t8-/m1/s1. The van der Waals surface area contributed by atoms with Crippen molar-refractivity contribution in [1.29, 1.82) is 0 Å². The number of rotatable bonds is 4. The van der Waals surface area contributed by atoms with Gasteiger partial charge in [-0.1, -0.05) is 11.6 Å². The lowest BCUT2D eigenvalue weighted by molar-refractivity contribution is 0.406. The van der Waals surface area contributed by atoms with Gasteiger partial charge >= 0.3 is 0 Å². The van der Waals surface area contributed by atoms with E-state index in [2.05, 4.69) is 15.3 Å². The molecule has 0 aliphatic rings. The van der Waals surface area contributed by atoms with Crippen LogP contribution in [-0.2, 0) is 0 Å². The molecule has 100 valence electrons. The third kappa shape index (κ3) is 3.32. The molecule has 2 aromatic rings. The van der Waals surface area contributed by atoms with Crippen molar-refractivity contribution in [3.63, 3.8) is 0 Å². The van der Waals surface area contributed by atoms with E-state index in [4.69, 9.17) is 16.3 Å². The minimum atomic E-state index is -0.318. The number of nitrogens with one attached hydrogen (secondary N) is 1. The van der Waals surface area contributed by atoms with Crippen LogP contribution in [0, 0.1) is 5.82 Å². The Kier molecular flexibility index (Phi) is 4.16. The second-order valence-electron chi connectivity index (χ2n) is 3.98. The van der Waals surface area contributed by atoms with Gasteiger partial charge in [-0.25, -0.2) is 9.37 Å². The molecule has 0 aliphatic carbocycles. The van der Waals surface area contributed by atoms with Crippen molar-refractivity contribution in [3.05, 3.63) is 47.1 Å². The van der Waals surface area contributed by atoms with Crippen molar-refractivity contribution in [2.75, 3.05) is 12.4 Å². The molecule has 0 amide bonds. The van der Waals surface area contributed by atoms with E-state index >= 15 is 0 Å². The normalized spacial score (nSPS) is 12.0. The molecule has 1 aromatic carbocycles. The largest absolute Gasteiger partial charge is 0.496 e. The fourth-order valence-electron chi connectivity index (χ4n) is 1.75. The lowest BCUT2D eigenvalue weighted by Crippen LogP contribution is -2.10. The van der Waals surface area contributed by atoms with Crippen LogP contribution >= 0.6 is 11.6 Å². The predicted octanol–water partition coefficient (Wildman–Crippen LogP) is 3.45. The zero-order valence-corrected chi connectivity index (χ0v) is 11.3. The Morgan fingerprint density at radius 2 is 2.16 bits per heavy atom. The predicted molar refractivity (Wildman–Crippen MR) is 72.0 cm³/mol. The molecule has 0 spiro atoms. The van der Waals surface area contributed by atoms with Gasteiger partial charge < -0.3 is 10.1 Å². The third-order valence-corrected chi connectivity index (χ3v) is 2.81. The van der Waals surface area contributed by atoms with E-state index in [-0.39, 0.29) is 11.9 Å². The molecule has 19 heavy (non-hydrogen) atoms. The summed E-state index contributed by atoms with van der Waals surface area (Å²) in [6, 6.07) is 4.17. The maximum atomic E-state index is 13.3. The van der Waals surface area contributed by atoms with Crippen LogP contribution in [0.15, 0.2) is 30.6 Å². The van der Waals surface area contributed by atoms with Crippen LogP contribution in [0.2, 0.25) is 5.15 Å². The number of aromatic nitrogens is 2. The number of halogens is 2. The summed E-state index contributed by atoms with van der Waals surface area (Å²) < 4.78 is 18.5. The lowest BCUT2D eigenvalue weighted by Gasteiger charge is -2.17. The van der Waals surface area contributed by atoms with Gasteiger partial charge in [0.2, 0.25) is 0 Å². The average molecular weight is 282 g/mol. The monoisotopic (exact) mass is 281 g/mol. The third-order valence-electron chi connectivity index (χ3n) is 2.63. The van der Waals surface area contributed by atoms with Crippen molar-refractivity contribution in [2.24, 2.45) is 0 Å². The lowest BCUT2D eigenvalue weighted by atomic mass is 10.1. The van der Waals surface area contributed by atoms with Gasteiger partial charge in [0.05, 0.1) is 25.5 Å². The quantitative estimate of drug-likeness (QED) is 0.932. The first-order chi connectivity index (χ1) is 9.10. The number of ether oxygens (including phenoxy) is 1. The van der Waals surface area contributed by atoms with Crippen LogP contribution in [0.4, 0.5) is 10.2 Å². The summed E-state index contributed by atoms with van der Waals surface area (Å²) >= 11 is 5.76. The first kappa shape index (κ1) is 13.5. The zero-order chi connectivity index (χ0) is 13.8. The van der Waals surface area contributed by atoms with Gasteiger partial charge in [0, 0.05) is 5.56 Å². The summed E-state index contributed by atoms with van der Waals surface area (Å²) in [5.74, 6) is 0.810. The van der Waals surface area contributed by atoms with Gasteiger partial charge in [0.1, 0.15) is 22.5 Å². The summed E-state index contributed by atoms with van der Waals surface area (Å²) in [6.45, 7) is 1.87. The van der Waals surface area contributed by atoms with E-state index in [0.717, 1.165) is 0 Å². The van der Waals surface area contributed by atoms with Gasteiger partial charge in [-0.05, 0) is 25.1 Å². The van der Waals surface area contributed by atoms with Crippen molar-refractivity contribution < 1.29 is 9.13 Å². The van der Waals surface area contributed by atoms with E-state index in [1.165, 1.54) is 18.3 Å². The highest BCUT2D eigenvalue weighted by molar-refractivity contribution is 6.29. The molecule has 2 rings (SSSR count). The number of benzene rings is 1. The highest BCUT2D eigenvalue weighted by Crippen LogP contribution is 2.28. The number of anilines is 1. The Labute approximate surface area is 115 Å². The van der Waals surface area contributed by atoms with Crippen molar-refractivity contribution in [3.8, 4) is 5.75 Å². The molecule has 0 saturated heterocycles. The van der Waals surface area contributed by atoms with Gasteiger partial charge in [0.15, 0.2) is 0 Å². The zero-order valence-electron chi connectivity index (χ0n) is 10.5. The summed E-state index contributed by atoms with van der Waals surface area (Å²) in [7, 11) is 1.54. The van der Waals surface area contributed by atoms with Gasteiger partial charge in [-0.15, -0.1) is 0 Å². The summed E-state index contributed by atoms with van der Waals surface area (Å²) in [5.41, 5.74) is 0.698. The SMILES string of the molecule is COc1ccc(F)cc1[C@@H](C)Nc1cncc(Cl)n1. The molecule has 6 heteroatoms. The van der Waals surface area contributed by atoms with Crippen LogP contribution < -0.4 is 10.1 Å². The molecule has 0 saturated carbocycles. The van der Waals surface area contributed by atoms with Gasteiger partial charge in [0.25, 0.3) is 0 Å². The van der Waals surface area contributed by atoms with E-state index < -0.39 is 0 Å². The number of hydrogen-bond acceptors (Lipinski definition) is 4. The van der Waals surface area contributed by atoms with E-state index in [9.17, 15) is 4.39 Å². The molecule has 0 radical (unpaired) electrons. The number of methoxy groups -OCH3 is 1. The molecule has 1 N–H and O–H groups in total. The number of nitrogens with zero attached hydrogens (tertiary/aromatic N) is 2. The van der Waals surface area contributed by atoms with Gasteiger partial charge in [-0.3, -0.25) is 4.98 Å². The minimum Gasteiger partial charge on any atom is -0.496 e. The van der Waals surface area contributed by atoms with Gasteiger partial charge in [-0.2, -0.15) is 0 Å². The maximum absolute atomic E-state index is 13.3. The molecule has 4 nitrogen and oxygen atoms in total. The van der Waals surface area contributed by atoms with Crippen LogP contribution in [0.5, 0.6) is 5.75 Å². The Hall–Kier alpha value is -1.88. The van der Waals surface area contributed by atoms with Crippen molar-refractivity contribution >= 4 is 17.4 Å². The molecule has 0 bridgehead atoms. The van der Waals surface area contributed by atoms with Crippen LogP contribution in [0.25, 0.3) is 0 Å². The summed E-state index contributed by atoms with van der Waals surface area (Å²) in [5, 5.41) is 3.39. The highest BCUT2D eigenvalue weighted by atomic mass is 35.5. The topological polar surface area (TPSA) is 47.0 Å². The van der Waals surface area contributed by atoms with Crippen LogP contribution in [0.1, 0.15) is 18.5 Å². The fraction of sp³-hybridized carbons (Fsp3) is 0.231. The second-order valence-corrected chi connectivity index (χ2v) is 4.37. The molecular formula is C13H13ClFN3O. The Morgan fingerprint density at radius 1 is 1.37 bits per heavy atom. The van der Waals surface area contributed by atoms with Crippen LogP contribution in [0.3, 0.4) is 0 Å². The molecule has 1 aromatic heterocycles. The van der Waals surface area contributed by atoms with Crippen LogP contribution in [-0.4, -0.2) is 17.1 Å². The second kappa shape index (κ2) is 5.84. The molecule has 0 unspecified atom stereocenters. The average Bonchev–Trinajstić information content (AvgIpc) is 2.38. The molecule has 1 atom stereocenters. The Balaban J connectivity index is 2.24. The molecule has 0 aliphatic heterocycles. The van der Waals surface area contributed by atoms with E-state index in [1.54, 1.807) is 19.4 Å². The Morgan fingerprint density at radius 3 is 2.84 bits per heavy atom. The molecule has 0 fully saturated rings. The minimum absolute atomic E-state index is 0.196. The number of hydrogen-bond donors (Lipinski definition) is 1. The summed E-state index contributed by atoms with van der Waals surface area (Å²) in [4.78, 5) is 8.00. The first-order valence-electron chi connectivity index (χ1n) is 5.67. The van der Waals surface area contributed by atoms with E-state index in [0.29, 0.717) is 22.3 Å². The van der Waals surface area contributed by atoms with E-state index in [1.807, 2.05) is 6.92 Å².